The van der Waals surface area contributed by atoms with Gasteiger partial charge in [-0.25, -0.2) is 4.79 Å². The molecule has 7 rings (SSSR count). The number of benzene rings is 6. The zero-order valence-corrected chi connectivity index (χ0v) is 26.5. The quantitative estimate of drug-likeness (QED) is 0.101. The molecular weight excluding hydrogens is 585 g/mol. The van der Waals surface area contributed by atoms with E-state index in [4.69, 9.17) is 4.74 Å². The van der Waals surface area contributed by atoms with Gasteiger partial charge in [0, 0.05) is 44.7 Å². The molecule has 0 N–H and O–H groups in total. The Hall–Kier alpha value is -5.52. The third kappa shape index (κ3) is 5.81. The number of fused-ring (bicyclic) bond motifs is 2. The van der Waals surface area contributed by atoms with E-state index in [1.165, 1.54) is 17.2 Å². The van der Waals surface area contributed by atoms with Crippen molar-refractivity contribution in [2.45, 2.75) is 23.6 Å². The zero-order chi connectivity index (χ0) is 31.6. The summed E-state index contributed by atoms with van der Waals surface area (Å²) >= 11 is 1.71. The molecule has 1 heterocycles. The number of carbonyl (C=O) groups excluding carboxylic acids is 1. The lowest BCUT2D eigenvalue weighted by Crippen LogP contribution is -2.15. The first kappa shape index (κ1) is 29.2. The lowest BCUT2D eigenvalue weighted by atomic mass is 10.0. The van der Waals surface area contributed by atoms with Crippen LogP contribution in [0.4, 0.5) is 34.1 Å². The standard InChI is InChI=1S/C41H32N2O2S/c1-4-41(44)45-36-25-26-40-38(27-36)43(37-7-5-6-8-39(37)46-40)35-23-15-31(16-24-35)30-13-21-34(22-14-30)42(32-17-9-28(2)10-18-32)33-19-11-29(3)12-20-33/h4-27H,1H2,2-3H3. The highest BCUT2D eigenvalue weighted by Gasteiger charge is 2.25. The van der Waals surface area contributed by atoms with Gasteiger partial charge in [0.2, 0.25) is 0 Å². The molecule has 0 bridgehead atoms. The van der Waals surface area contributed by atoms with E-state index in [9.17, 15) is 4.79 Å². The number of hydrogen-bond donors (Lipinski definition) is 0. The molecule has 0 saturated heterocycles. The van der Waals surface area contributed by atoms with Crippen molar-refractivity contribution in [1.82, 2.24) is 0 Å². The molecule has 224 valence electrons. The summed E-state index contributed by atoms with van der Waals surface area (Å²) in [6.45, 7) is 7.75. The predicted octanol–water partition coefficient (Wildman–Crippen LogP) is 11.5. The number of nitrogens with zero attached hydrogens (tertiary/aromatic N) is 2. The third-order valence-corrected chi connectivity index (χ3v) is 9.18. The minimum absolute atomic E-state index is 0.480. The summed E-state index contributed by atoms with van der Waals surface area (Å²) in [4.78, 5) is 18.7. The van der Waals surface area contributed by atoms with Gasteiger partial charge >= 0.3 is 5.97 Å². The Morgan fingerprint density at radius 1 is 0.652 bits per heavy atom. The largest absolute Gasteiger partial charge is 0.423 e. The molecule has 0 aliphatic carbocycles. The first-order valence-corrected chi connectivity index (χ1v) is 16.0. The van der Waals surface area contributed by atoms with Crippen molar-refractivity contribution in [2.24, 2.45) is 0 Å². The Labute approximate surface area is 274 Å². The van der Waals surface area contributed by atoms with E-state index in [0.717, 1.165) is 55.0 Å². The number of carbonyl (C=O) groups is 1. The molecule has 1 aliphatic heterocycles. The van der Waals surface area contributed by atoms with E-state index in [0.29, 0.717) is 5.75 Å². The first-order chi connectivity index (χ1) is 22.5. The first-order valence-electron chi connectivity index (χ1n) is 15.2. The molecule has 0 saturated carbocycles. The number of anilines is 6. The zero-order valence-electron chi connectivity index (χ0n) is 25.7. The van der Waals surface area contributed by atoms with Crippen molar-refractivity contribution in [3.8, 4) is 16.9 Å². The SMILES string of the molecule is C=CC(=O)Oc1ccc2c(c1)N(c1ccc(-c3ccc(N(c4ccc(C)cc4)c4ccc(C)cc4)cc3)cc1)c1ccccc1S2. The smallest absolute Gasteiger partial charge is 0.335 e. The van der Waals surface area contributed by atoms with Gasteiger partial charge in [0.25, 0.3) is 0 Å². The van der Waals surface area contributed by atoms with E-state index < -0.39 is 5.97 Å². The van der Waals surface area contributed by atoms with E-state index in [1.807, 2.05) is 24.3 Å². The molecule has 0 atom stereocenters. The van der Waals surface area contributed by atoms with Gasteiger partial charge in [-0.3, -0.25) is 0 Å². The fourth-order valence-corrected chi connectivity index (χ4v) is 6.71. The van der Waals surface area contributed by atoms with Crippen LogP contribution in [-0.4, -0.2) is 5.97 Å². The number of aryl methyl sites for hydroxylation is 2. The van der Waals surface area contributed by atoms with E-state index in [1.54, 1.807) is 11.8 Å². The second-order valence-electron chi connectivity index (χ2n) is 11.3. The number of para-hydroxylation sites is 1. The summed E-state index contributed by atoms with van der Waals surface area (Å²) in [6, 6.07) is 48.7. The summed E-state index contributed by atoms with van der Waals surface area (Å²) in [7, 11) is 0. The van der Waals surface area contributed by atoms with Gasteiger partial charge in [-0.1, -0.05) is 90.1 Å². The molecule has 6 aromatic carbocycles. The van der Waals surface area contributed by atoms with Crippen molar-refractivity contribution in [2.75, 3.05) is 9.80 Å². The van der Waals surface area contributed by atoms with Crippen LogP contribution in [0.2, 0.25) is 0 Å². The highest BCUT2D eigenvalue weighted by Crippen LogP contribution is 2.52. The molecule has 0 unspecified atom stereocenters. The topological polar surface area (TPSA) is 32.8 Å². The van der Waals surface area contributed by atoms with Gasteiger partial charge in [-0.05, 0) is 97.8 Å². The maximum Gasteiger partial charge on any atom is 0.335 e. The van der Waals surface area contributed by atoms with Gasteiger partial charge in [0.15, 0.2) is 0 Å². The molecule has 46 heavy (non-hydrogen) atoms. The van der Waals surface area contributed by atoms with Gasteiger partial charge in [-0.2, -0.15) is 0 Å². The molecule has 1 aliphatic rings. The molecule has 0 radical (unpaired) electrons. The maximum atomic E-state index is 11.9. The summed E-state index contributed by atoms with van der Waals surface area (Å²) in [5, 5.41) is 0. The van der Waals surface area contributed by atoms with Crippen molar-refractivity contribution in [3.63, 3.8) is 0 Å². The van der Waals surface area contributed by atoms with Crippen molar-refractivity contribution in [3.05, 3.63) is 163 Å². The Morgan fingerprint density at radius 3 is 1.76 bits per heavy atom. The summed E-state index contributed by atoms with van der Waals surface area (Å²) in [6.07, 6.45) is 1.18. The van der Waals surface area contributed by atoms with Gasteiger partial charge in [-0.15, -0.1) is 0 Å². The molecular formula is C41H32N2O2S. The van der Waals surface area contributed by atoms with Crippen LogP contribution in [0.15, 0.2) is 162 Å². The van der Waals surface area contributed by atoms with Gasteiger partial charge < -0.3 is 14.5 Å². The van der Waals surface area contributed by atoms with E-state index in [2.05, 4.69) is 145 Å². The number of ether oxygens (including phenoxy) is 1. The van der Waals surface area contributed by atoms with Crippen LogP contribution in [0.1, 0.15) is 11.1 Å². The van der Waals surface area contributed by atoms with Gasteiger partial charge in [0.05, 0.1) is 11.4 Å². The van der Waals surface area contributed by atoms with Crippen LogP contribution in [0.5, 0.6) is 5.75 Å². The highest BCUT2D eigenvalue weighted by atomic mass is 32.2. The van der Waals surface area contributed by atoms with Crippen LogP contribution in [-0.2, 0) is 4.79 Å². The van der Waals surface area contributed by atoms with Crippen molar-refractivity contribution in [1.29, 1.82) is 0 Å². The van der Waals surface area contributed by atoms with Crippen LogP contribution < -0.4 is 14.5 Å². The molecule has 4 nitrogen and oxygen atoms in total. The Kier molecular flexibility index (Phi) is 7.91. The number of hydrogen-bond acceptors (Lipinski definition) is 5. The number of rotatable bonds is 7. The average Bonchev–Trinajstić information content (AvgIpc) is 3.09. The Bertz CT molecular complexity index is 1990. The maximum absolute atomic E-state index is 11.9. The third-order valence-electron chi connectivity index (χ3n) is 8.05. The van der Waals surface area contributed by atoms with E-state index in [-0.39, 0.29) is 0 Å². The second-order valence-corrected chi connectivity index (χ2v) is 12.3. The fourth-order valence-electron chi connectivity index (χ4n) is 5.67. The monoisotopic (exact) mass is 616 g/mol. The molecule has 6 aromatic rings. The van der Waals surface area contributed by atoms with Crippen LogP contribution >= 0.6 is 11.8 Å². The Balaban J connectivity index is 1.21. The molecule has 0 fully saturated rings. The number of esters is 1. The van der Waals surface area contributed by atoms with Crippen LogP contribution in [0.25, 0.3) is 11.1 Å². The summed E-state index contributed by atoms with van der Waals surface area (Å²) in [5.41, 5.74) is 11.1. The predicted molar refractivity (Wildman–Crippen MR) is 191 cm³/mol. The molecule has 0 amide bonds. The highest BCUT2D eigenvalue weighted by molar-refractivity contribution is 7.99. The summed E-state index contributed by atoms with van der Waals surface area (Å²) < 4.78 is 5.48. The fraction of sp³-hybridized carbons (Fsp3) is 0.0488. The average molecular weight is 617 g/mol. The van der Waals surface area contributed by atoms with E-state index >= 15 is 0 Å². The van der Waals surface area contributed by atoms with Crippen molar-refractivity contribution < 1.29 is 9.53 Å². The Morgan fingerprint density at radius 2 is 1.17 bits per heavy atom. The molecule has 5 heteroatoms. The van der Waals surface area contributed by atoms with Crippen LogP contribution in [0, 0.1) is 13.8 Å². The lowest BCUT2D eigenvalue weighted by molar-refractivity contribution is -0.128. The van der Waals surface area contributed by atoms with Crippen LogP contribution in [0.3, 0.4) is 0 Å². The van der Waals surface area contributed by atoms with Gasteiger partial charge in [0.1, 0.15) is 5.75 Å². The lowest BCUT2D eigenvalue weighted by Gasteiger charge is -2.33. The van der Waals surface area contributed by atoms with Crippen molar-refractivity contribution >= 4 is 51.9 Å². The minimum atomic E-state index is -0.480. The molecule has 0 aromatic heterocycles. The summed E-state index contributed by atoms with van der Waals surface area (Å²) in [5.74, 6) is 0.00208. The minimum Gasteiger partial charge on any atom is -0.423 e. The molecule has 0 spiro atoms. The second kappa shape index (κ2) is 12.5. The normalized spacial score (nSPS) is 11.7.